The van der Waals surface area contributed by atoms with Crippen LogP contribution < -0.4 is 4.74 Å². The summed E-state index contributed by atoms with van der Waals surface area (Å²) in [6.45, 7) is 0.588. The summed E-state index contributed by atoms with van der Waals surface area (Å²) in [6.07, 6.45) is 1.02. The first-order valence-corrected chi connectivity index (χ1v) is 5.09. The van der Waals surface area contributed by atoms with Gasteiger partial charge in [0.05, 0.1) is 0 Å². The third kappa shape index (κ3) is 3.61. The number of hydrogen-bond acceptors (Lipinski definition) is 2. The van der Waals surface area contributed by atoms with Gasteiger partial charge in [-0.05, 0) is 36.6 Å². The first kappa shape index (κ1) is 12.6. The van der Waals surface area contributed by atoms with E-state index in [1.165, 1.54) is 19.1 Å². The van der Waals surface area contributed by atoms with E-state index >= 15 is 0 Å². The second-order valence-electron chi connectivity index (χ2n) is 3.54. The lowest BCUT2D eigenvalue weighted by Crippen LogP contribution is -2.05. The number of hydrogen-bond donors (Lipinski definition) is 0. The smallest absolute Gasteiger partial charge is 0.387 e. The first-order valence-electron chi connectivity index (χ1n) is 5.09. The predicted octanol–water partition coefficient (Wildman–Crippen LogP) is 2.98. The molecule has 0 aliphatic carbocycles. The highest BCUT2D eigenvalue weighted by Crippen LogP contribution is 2.21. The lowest BCUT2D eigenvalue weighted by Gasteiger charge is -2.10. The van der Waals surface area contributed by atoms with Crippen LogP contribution in [0.4, 0.5) is 8.78 Å². The standard InChI is InChI=1S/C12H14F2O2/c1-3-9-4-5-11(16-12(13)14)7-10(9)6-8(2)15/h4-5,7,12H,3,6H2,1-2H3. The van der Waals surface area contributed by atoms with Gasteiger partial charge in [-0.25, -0.2) is 0 Å². The van der Waals surface area contributed by atoms with E-state index < -0.39 is 6.61 Å². The molecule has 0 atom stereocenters. The molecule has 0 saturated heterocycles. The zero-order valence-corrected chi connectivity index (χ0v) is 9.30. The van der Waals surface area contributed by atoms with Crippen LogP contribution in [0.15, 0.2) is 18.2 Å². The third-order valence-corrected chi connectivity index (χ3v) is 2.22. The second kappa shape index (κ2) is 5.58. The molecule has 0 amide bonds. The molecule has 0 spiro atoms. The molecule has 1 aromatic carbocycles. The minimum Gasteiger partial charge on any atom is -0.435 e. The Labute approximate surface area is 93.2 Å². The van der Waals surface area contributed by atoms with Crippen molar-refractivity contribution in [3.05, 3.63) is 29.3 Å². The van der Waals surface area contributed by atoms with Crippen molar-refractivity contribution in [1.82, 2.24) is 0 Å². The van der Waals surface area contributed by atoms with E-state index in [1.807, 2.05) is 6.92 Å². The highest BCUT2D eigenvalue weighted by Gasteiger charge is 2.09. The zero-order valence-electron chi connectivity index (χ0n) is 9.30. The van der Waals surface area contributed by atoms with Gasteiger partial charge in [-0.1, -0.05) is 13.0 Å². The number of aryl methyl sites for hydroxylation is 1. The molecule has 2 nitrogen and oxygen atoms in total. The van der Waals surface area contributed by atoms with Crippen LogP contribution in [-0.4, -0.2) is 12.4 Å². The SMILES string of the molecule is CCc1ccc(OC(F)F)cc1CC(C)=O. The molecule has 0 aliphatic rings. The van der Waals surface area contributed by atoms with Crippen LogP contribution in [0.25, 0.3) is 0 Å². The molecule has 0 radical (unpaired) electrons. The molecular weight excluding hydrogens is 214 g/mol. The first-order chi connectivity index (χ1) is 7.52. The Morgan fingerprint density at radius 1 is 1.38 bits per heavy atom. The Hall–Kier alpha value is -1.45. The minimum atomic E-state index is -2.84. The van der Waals surface area contributed by atoms with Gasteiger partial charge >= 0.3 is 6.61 Å². The fourth-order valence-electron chi connectivity index (χ4n) is 1.56. The third-order valence-electron chi connectivity index (χ3n) is 2.22. The number of benzene rings is 1. The van der Waals surface area contributed by atoms with E-state index in [0.717, 1.165) is 17.5 Å². The summed E-state index contributed by atoms with van der Waals surface area (Å²) < 4.78 is 28.3. The van der Waals surface area contributed by atoms with Gasteiger partial charge in [-0.15, -0.1) is 0 Å². The Balaban J connectivity index is 2.96. The summed E-state index contributed by atoms with van der Waals surface area (Å²) in [7, 11) is 0. The molecule has 0 saturated carbocycles. The maximum Gasteiger partial charge on any atom is 0.387 e. The largest absolute Gasteiger partial charge is 0.435 e. The monoisotopic (exact) mass is 228 g/mol. The van der Waals surface area contributed by atoms with Crippen LogP contribution in [0.1, 0.15) is 25.0 Å². The Bertz CT molecular complexity index is 375. The number of ketones is 1. The molecule has 0 fully saturated rings. The van der Waals surface area contributed by atoms with Crippen molar-refractivity contribution < 1.29 is 18.3 Å². The molecule has 1 aromatic rings. The fraction of sp³-hybridized carbons (Fsp3) is 0.417. The molecule has 1 rings (SSSR count). The summed E-state index contributed by atoms with van der Waals surface area (Å²) in [4.78, 5) is 11.0. The summed E-state index contributed by atoms with van der Waals surface area (Å²) in [5.41, 5.74) is 1.74. The van der Waals surface area contributed by atoms with E-state index in [0.29, 0.717) is 0 Å². The van der Waals surface area contributed by atoms with Gasteiger partial charge in [0.1, 0.15) is 11.5 Å². The number of halogens is 2. The quantitative estimate of drug-likeness (QED) is 0.774. The number of carbonyl (C=O) groups is 1. The van der Waals surface area contributed by atoms with Crippen molar-refractivity contribution in [3.8, 4) is 5.75 Å². The molecule has 0 aromatic heterocycles. The van der Waals surface area contributed by atoms with Gasteiger partial charge in [-0.3, -0.25) is 4.79 Å². The summed E-state index contributed by atoms with van der Waals surface area (Å²) in [6, 6.07) is 4.72. The van der Waals surface area contributed by atoms with E-state index in [9.17, 15) is 13.6 Å². The topological polar surface area (TPSA) is 26.3 Å². The molecule has 16 heavy (non-hydrogen) atoms. The molecule has 0 bridgehead atoms. The van der Waals surface area contributed by atoms with Crippen LogP contribution in [0.5, 0.6) is 5.75 Å². The van der Waals surface area contributed by atoms with Crippen molar-refractivity contribution in [3.63, 3.8) is 0 Å². The minimum absolute atomic E-state index is 0.00361. The molecule has 0 heterocycles. The molecule has 4 heteroatoms. The van der Waals surface area contributed by atoms with Crippen LogP contribution in [0.3, 0.4) is 0 Å². The highest BCUT2D eigenvalue weighted by molar-refractivity contribution is 5.78. The number of ether oxygens (including phenoxy) is 1. The van der Waals surface area contributed by atoms with Crippen LogP contribution >= 0.6 is 0 Å². The van der Waals surface area contributed by atoms with Crippen LogP contribution in [0.2, 0.25) is 0 Å². The van der Waals surface area contributed by atoms with E-state index in [1.54, 1.807) is 6.07 Å². The van der Waals surface area contributed by atoms with Gasteiger partial charge in [0.2, 0.25) is 0 Å². The van der Waals surface area contributed by atoms with Crippen molar-refractivity contribution in [2.75, 3.05) is 0 Å². The predicted molar refractivity (Wildman–Crippen MR) is 56.8 cm³/mol. The van der Waals surface area contributed by atoms with Gasteiger partial charge in [0, 0.05) is 6.42 Å². The van der Waals surface area contributed by atoms with E-state index in [4.69, 9.17) is 0 Å². The number of rotatable bonds is 5. The average Bonchev–Trinajstić information content (AvgIpc) is 2.16. The van der Waals surface area contributed by atoms with Gasteiger partial charge in [0.25, 0.3) is 0 Å². The lowest BCUT2D eigenvalue weighted by atomic mass is 10.0. The van der Waals surface area contributed by atoms with E-state index in [-0.39, 0.29) is 18.0 Å². The van der Waals surface area contributed by atoms with Crippen molar-refractivity contribution >= 4 is 5.78 Å². The van der Waals surface area contributed by atoms with Crippen molar-refractivity contribution in [1.29, 1.82) is 0 Å². The normalized spacial score (nSPS) is 10.6. The molecular formula is C12H14F2O2. The average molecular weight is 228 g/mol. The maximum atomic E-state index is 12.0. The number of alkyl halides is 2. The Kier molecular flexibility index (Phi) is 4.40. The fourth-order valence-corrected chi connectivity index (χ4v) is 1.56. The van der Waals surface area contributed by atoms with Crippen LogP contribution in [-0.2, 0) is 17.6 Å². The molecule has 0 unspecified atom stereocenters. The Morgan fingerprint density at radius 2 is 2.06 bits per heavy atom. The summed E-state index contributed by atoms with van der Waals surface area (Å²) in [5, 5.41) is 0. The van der Waals surface area contributed by atoms with Crippen molar-refractivity contribution in [2.24, 2.45) is 0 Å². The van der Waals surface area contributed by atoms with Crippen LogP contribution in [0, 0.1) is 0 Å². The second-order valence-corrected chi connectivity index (χ2v) is 3.54. The Morgan fingerprint density at radius 3 is 2.56 bits per heavy atom. The summed E-state index contributed by atoms with van der Waals surface area (Å²) >= 11 is 0. The highest BCUT2D eigenvalue weighted by atomic mass is 19.3. The van der Waals surface area contributed by atoms with E-state index in [2.05, 4.69) is 4.74 Å². The summed E-state index contributed by atoms with van der Waals surface area (Å²) in [5.74, 6) is 0.104. The number of carbonyl (C=O) groups excluding carboxylic acids is 1. The maximum absolute atomic E-state index is 12.0. The molecule has 0 N–H and O–H groups in total. The lowest BCUT2D eigenvalue weighted by molar-refractivity contribution is -0.116. The van der Waals surface area contributed by atoms with Gasteiger partial charge in [0.15, 0.2) is 0 Å². The molecule has 88 valence electrons. The van der Waals surface area contributed by atoms with Gasteiger partial charge < -0.3 is 4.74 Å². The van der Waals surface area contributed by atoms with Crippen molar-refractivity contribution in [2.45, 2.75) is 33.3 Å². The number of Topliss-reactive ketones (excluding diaryl/α,β-unsaturated/α-hetero) is 1. The van der Waals surface area contributed by atoms with Gasteiger partial charge in [-0.2, -0.15) is 8.78 Å². The molecule has 0 aliphatic heterocycles. The zero-order chi connectivity index (χ0) is 12.1.